The standard InChI is InChI=1S/C46H35N3O7S/c1-55-32-22-25-39(56-2)30(26-32)27-38(49-44(52)29-14-7-4-8-15-29)45(53)47-31-20-23-33(24-21-31)57-43(28-12-5-3-6-13-28)46(54)48-37-19-11-18-36-40(37)42(51)35-17-10-9-16-34(35)41(36)50/h3-27,43H,1-2H3,(H,47,53)(H,48,54)(H,49,52)/b38-27-. The Hall–Kier alpha value is -7.24. The van der Waals surface area contributed by atoms with Gasteiger partial charge in [0.2, 0.25) is 5.91 Å². The molecule has 1 aliphatic rings. The summed E-state index contributed by atoms with van der Waals surface area (Å²) in [7, 11) is 3.03. The van der Waals surface area contributed by atoms with E-state index in [0.717, 1.165) is 0 Å². The number of amides is 3. The van der Waals surface area contributed by atoms with Crippen LogP contribution in [0.1, 0.15) is 58.6 Å². The number of ether oxygens (including phenoxy) is 2. The van der Waals surface area contributed by atoms with Gasteiger partial charge in [-0.25, -0.2) is 0 Å². The zero-order valence-electron chi connectivity index (χ0n) is 30.8. The van der Waals surface area contributed by atoms with Gasteiger partial charge in [0.1, 0.15) is 22.4 Å². The lowest BCUT2D eigenvalue weighted by molar-refractivity contribution is -0.116. The molecule has 0 spiro atoms. The molecule has 7 rings (SSSR count). The zero-order chi connectivity index (χ0) is 39.9. The SMILES string of the molecule is COc1ccc(OC)c(/C=C(\NC(=O)c2ccccc2)C(=O)Nc2ccc(SC(C(=O)Nc3cccc4c3C(=O)c3ccccc3C4=O)c3ccccc3)cc2)c1. The van der Waals surface area contributed by atoms with Gasteiger partial charge in [-0.1, -0.05) is 84.9 Å². The minimum atomic E-state index is -0.759. The Bertz CT molecular complexity index is 2540. The van der Waals surface area contributed by atoms with E-state index in [1.807, 2.05) is 30.3 Å². The van der Waals surface area contributed by atoms with E-state index in [9.17, 15) is 24.0 Å². The van der Waals surface area contributed by atoms with Gasteiger partial charge in [0.05, 0.1) is 25.5 Å². The van der Waals surface area contributed by atoms with E-state index in [1.54, 1.807) is 115 Å². The van der Waals surface area contributed by atoms with Gasteiger partial charge >= 0.3 is 0 Å². The van der Waals surface area contributed by atoms with E-state index in [0.29, 0.717) is 49.9 Å². The Morgan fingerprint density at radius 2 is 1.30 bits per heavy atom. The van der Waals surface area contributed by atoms with Crippen molar-refractivity contribution >= 4 is 58.5 Å². The summed E-state index contributed by atoms with van der Waals surface area (Å²) in [6.45, 7) is 0. The van der Waals surface area contributed by atoms with Gasteiger partial charge in [0.15, 0.2) is 11.6 Å². The van der Waals surface area contributed by atoms with Crippen LogP contribution < -0.4 is 25.4 Å². The number of anilines is 2. The number of nitrogens with one attached hydrogen (secondary N) is 3. The summed E-state index contributed by atoms with van der Waals surface area (Å²) in [6.07, 6.45) is 1.51. The Morgan fingerprint density at radius 1 is 0.649 bits per heavy atom. The van der Waals surface area contributed by atoms with Gasteiger partial charge in [-0.15, -0.1) is 11.8 Å². The third-order valence-corrected chi connectivity index (χ3v) is 10.4. The average Bonchev–Trinajstić information content (AvgIpc) is 3.25. The average molecular weight is 774 g/mol. The molecular weight excluding hydrogens is 739 g/mol. The quantitative estimate of drug-likeness (QED) is 0.0832. The molecule has 1 aliphatic carbocycles. The van der Waals surface area contributed by atoms with Crippen molar-refractivity contribution < 1.29 is 33.4 Å². The summed E-state index contributed by atoms with van der Waals surface area (Å²) in [5.74, 6) is -1.08. The van der Waals surface area contributed by atoms with Gasteiger partial charge < -0.3 is 25.4 Å². The predicted octanol–water partition coefficient (Wildman–Crippen LogP) is 8.36. The van der Waals surface area contributed by atoms with Crippen LogP contribution in [0.2, 0.25) is 0 Å². The summed E-state index contributed by atoms with van der Waals surface area (Å²) in [5.41, 5.74) is 3.24. The monoisotopic (exact) mass is 773 g/mol. The lowest BCUT2D eigenvalue weighted by atomic mass is 9.83. The number of carbonyl (C=O) groups excluding carboxylic acids is 5. The minimum Gasteiger partial charge on any atom is -0.497 e. The van der Waals surface area contributed by atoms with Gasteiger partial charge in [-0.3, -0.25) is 24.0 Å². The molecule has 0 radical (unpaired) electrons. The van der Waals surface area contributed by atoms with E-state index in [1.165, 1.54) is 32.1 Å². The van der Waals surface area contributed by atoms with E-state index < -0.39 is 23.0 Å². The number of fused-ring (bicyclic) bond motifs is 2. The van der Waals surface area contributed by atoms with Crippen LogP contribution in [0.3, 0.4) is 0 Å². The lowest BCUT2D eigenvalue weighted by Crippen LogP contribution is -2.30. The number of ketones is 2. The largest absolute Gasteiger partial charge is 0.497 e. The summed E-state index contributed by atoms with van der Waals surface area (Å²) < 4.78 is 10.9. The molecule has 3 amide bonds. The molecule has 1 atom stereocenters. The smallest absolute Gasteiger partial charge is 0.272 e. The highest BCUT2D eigenvalue weighted by atomic mass is 32.2. The molecule has 282 valence electrons. The molecule has 3 N–H and O–H groups in total. The maximum absolute atomic E-state index is 14.1. The molecule has 0 aliphatic heterocycles. The highest BCUT2D eigenvalue weighted by molar-refractivity contribution is 8.00. The van der Waals surface area contributed by atoms with Crippen molar-refractivity contribution in [2.45, 2.75) is 10.1 Å². The molecule has 6 aromatic carbocycles. The van der Waals surface area contributed by atoms with Crippen LogP contribution in [0.15, 0.2) is 156 Å². The van der Waals surface area contributed by atoms with Gasteiger partial charge in [-0.05, 0) is 72.3 Å². The fraction of sp³-hybridized carbons (Fsp3) is 0.0652. The van der Waals surface area contributed by atoms with Crippen molar-refractivity contribution in [1.29, 1.82) is 0 Å². The minimum absolute atomic E-state index is 0.0403. The molecule has 0 bridgehead atoms. The topological polar surface area (TPSA) is 140 Å². The summed E-state index contributed by atoms with van der Waals surface area (Å²) in [6, 6.07) is 41.3. The number of hydrogen-bond donors (Lipinski definition) is 3. The van der Waals surface area contributed by atoms with Crippen LogP contribution in [0.5, 0.6) is 11.5 Å². The number of benzene rings is 6. The third-order valence-electron chi connectivity index (χ3n) is 9.18. The first-order valence-electron chi connectivity index (χ1n) is 17.8. The Balaban J connectivity index is 1.12. The Labute approximate surface area is 332 Å². The Morgan fingerprint density at radius 3 is 1.98 bits per heavy atom. The lowest BCUT2D eigenvalue weighted by Gasteiger charge is -2.22. The molecule has 0 heterocycles. The van der Waals surface area contributed by atoms with Gasteiger partial charge in [0, 0.05) is 38.4 Å². The predicted molar refractivity (Wildman–Crippen MR) is 220 cm³/mol. The van der Waals surface area contributed by atoms with Crippen molar-refractivity contribution in [2.75, 3.05) is 24.9 Å². The second-order valence-corrected chi connectivity index (χ2v) is 14.0. The second kappa shape index (κ2) is 17.1. The number of rotatable bonds is 12. The first-order valence-corrected chi connectivity index (χ1v) is 18.7. The molecule has 11 heteroatoms. The first kappa shape index (κ1) is 38.1. The third kappa shape index (κ3) is 8.38. The maximum atomic E-state index is 14.1. The first-order chi connectivity index (χ1) is 27.7. The fourth-order valence-corrected chi connectivity index (χ4v) is 7.37. The van der Waals surface area contributed by atoms with E-state index in [-0.39, 0.29) is 34.1 Å². The van der Waals surface area contributed by atoms with Crippen molar-refractivity contribution in [3.05, 3.63) is 190 Å². The molecule has 10 nitrogen and oxygen atoms in total. The number of carbonyl (C=O) groups is 5. The van der Waals surface area contributed by atoms with E-state index in [2.05, 4.69) is 16.0 Å². The van der Waals surface area contributed by atoms with Gasteiger partial charge in [0.25, 0.3) is 11.8 Å². The van der Waals surface area contributed by atoms with Crippen LogP contribution in [-0.2, 0) is 9.59 Å². The molecular formula is C46H35N3O7S. The molecule has 0 saturated heterocycles. The number of methoxy groups -OCH3 is 2. The van der Waals surface area contributed by atoms with Crippen molar-refractivity contribution in [3.63, 3.8) is 0 Å². The van der Waals surface area contributed by atoms with Crippen LogP contribution in [0.4, 0.5) is 11.4 Å². The highest BCUT2D eigenvalue weighted by Gasteiger charge is 2.33. The number of thioether (sulfide) groups is 1. The van der Waals surface area contributed by atoms with Crippen molar-refractivity contribution in [1.82, 2.24) is 5.32 Å². The molecule has 1 unspecified atom stereocenters. The molecule has 0 fully saturated rings. The van der Waals surface area contributed by atoms with E-state index >= 15 is 0 Å². The second-order valence-electron chi connectivity index (χ2n) is 12.8. The van der Waals surface area contributed by atoms with Crippen LogP contribution >= 0.6 is 11.8 Å². The summed E-state index contributed by atoms with van der Waals surface area (Å²) >= 11 is 1.27. The zero-order valence-corrected chi connectivity index (χ0v) is 31.6. The normalized spacial score (nSPS) is 12.4. The van der Waals surface area contributed by atoms with Crippen molar-refractivity contribution in [2.24, 2.45) is 0 Å². The van der Waals surface area contributed by atoms with Crippen LogP contribution in [0.25, 0.3) is 6.08 Å². The summed E-state index contributed by atoms with van der Waals surface area (Å²) in [4.78, 5) is 68.8. The van der Waals surface area contributed by atoms with Crippen LogP contribution in [0, 0.1) is 0 Å². The molecule has 57 heavy (non-hydrogen) atoms. The maximum Gasteiger partial charge on any atom is 0.272 e. The fourth-order valence-electron chi connectivity index (χ4n) is 6.35. The molecule has 0 saturated carbocycles. The Kier molecular flexibility index (Phi) is 11.4. The molecule has 0 aromatic heterocycles. The van der Waals surface area contributed by atoms with Gasteiger partial charge in [-0.2, -0.15) is 0 Å². The van der Waals surface area contributed by atoms with Crippen molar-refractivity contribution in [3.8, 4) is 11.5 Å². The highest BCUT2D eigenvalue weighted by Crippen LogP contribution is 2.38. The number of hydrogen-bond acceptors (Lipinski definition) is 8. The molecule has 6 aromatic rings. The van der Waals surface area contributed by atoms with E-state index in [4.69, 9.17) is 9.47 Å². The van der Waals surface area contributed by atoms with Crippen LogP contribution in [-0.4, -0.2) is 43.5 Å². The summed E-state index contributed by atoms with van der Waals surface area (Å²) in [5, 5.41) is 7.76.